The second-order valence-electron chi connectivity index (χ2n) is 7.04. The number of aromatic nitrogens is 1. The molecule has 0 saturated carbocycles. The summed E-state index contributed by atoms with van der Waals surface area (Å²) in [5, 5.41) is 5.62. The van der Waals surface area contributed by atoms with Gasteiger partial charge in [-0.25, -0.2) is 9.88 Å². The van der Waals surface area contributed by atoms with Crippen molar-refractivity contribution in [3.05, 3.63) is 80.3 Å². The minimum Gasteiger partial charge on any atom is -0.346 e. The summed E-state index contributed by atoms with van der Waals surface area (Å²) in [6, 6.07) is 10.2. The van der Waals surface area contributed by atoms with E-state index >= 15 is 0 Å². The van der Waals surface area contributed by atoms with Gasteiger partial charge in [0.2, 0.25) is 0 Å². The second-order valence-corrected chi connectivity index (χ2v) is 8.10. The van der Waals surface area contributed by atoms with Gasteiger partial charge in [0.25, 0.3) is 17.7 Å². The first kappa shape index (κ1) is 19.0. The Morgan fingerprint density at radius 2 is 1.79 bits per heavy atom. The van der Waals surface area contributed by atoms with Crippen LogP contribution in [0.1, 0.15) is 52.9 Å². The van der Waals surface area contributed by atoms with E-state index in [9.17, 15) is 14.4 Å². The molecule has 0 radical (unpaired) electrons. The highest BCUT2D eigenvalue weighted by Crippen LogP contribution is 2.31. The summed E-state index contributed by atoms with van der Waals surface area (Å²) in [7, 11) is 0. The monoisotopic (exact) mass is 405 g/mol. The number of thiazole rings is 1. The zero-order valence-electron chi connectivity index (χ0n) is 16.3. The molecule has 29 heavy (non-hydrogen) atoms. The molecule has 4 rings (SSSR count). The van der Waals surface area contributed by atoms with Crippen molar-refractivity contribution in [1.29, 1.82) is 0 Å². The van der Waals surface area contributed by atoms with Crippen LogP contribution in [0.3, 0.4) is 0 Å². The summed E-state index contributed by atoms with van der Waals surface area (Å²) in [5.74, 6) is -1.10. The van der Waals surface area contributed by atoms with E-state index in [0.29, 0.717) is 23.4 Å². The number of carbonyl (C=O) groups excluding carboxylic acids is 3. The SMILES string of the molecule is Cc1ccc(C)c(N2C(=O)c3ccc(C(=O)NCc4csc(C)n4)cc3C2=O)c1. The van der Waals surface area contributed by atoms with E-state index in [1.165, 1.54) is 22.3 Å². The Hall–Kier alpha value is -3.32. The Morgan fingerprint density at radius 3 is 2.52 bits per heavy atom. The molecule has 0 saturated heterocycles. The average molecular weight is 405 g/mol. The summed E-state index contributed by atoms with van der Waals surface area (Å²) in [6.45, 7) is 5.98. The number of nitrogens with one attached hydrogen (secondary N) is 1. The maximum Gasteiger partial charge on any atom is 0.266 e. The van der Waals surface area contributed by atoms with E-state index in [1.807, 2.05) is 44.4 Å². The highest BCUT2D eigenvalue weighted by Gasteiger charge is 2.37. The maximum absolute atomic E-state index is 13.0. The molecule has 0 bridgehead atoms. The smallest absolute Gasteiger partial charge is 0.266 e. The third-order valence-electron chi connectivity index (χ3n) is 4.85. The molecule has 3 aromatic rings. The average Bonchev–Trinajstić information content (AvgIpc) is 3.23. The van der Waals surface area contributed by atoms with Gasteiger partial charge in [0.15, 0.2) is 0 Å². The molecule has 146 valence electrons. The highest BCUT2D eigenvalue weighted by atomic mass is 32.1. The van der Waals surface area contributed by atoms with Crippen LogP contribution in [0.25, 0.3) is 0 Å². The molecule has 0 aliphatic carbocycles. The number of amides is 3. The number of imide groups is 1. The molecule has 0 atom stereocenters. The predicted octanol–water partition coefficient (Wildman–Crippen LogP) is 3.80. The standard InChI is InChI=1S/C22H19N3O3S/c1-12-4-5-13(2)19(8-12)25-21(27)17-7-6-15(9-18(17)22(25)28)20(26)23-10-16-11-29-14(3)24-16/h4-9,11H,10H2,1-3H3,(H,23,26). The van der Waals surface area contributed by atoms with Crippen LogP contribution in [0.2, 0.25) is 0 Å². The number of anilines is 1. The minimum absolute atomic E-state index is 0.244. The summed E-state index contributed by atoms with van der Waals surface area (Å²) in [6.07, 6.45) is 0. The minimum atomic E-state index is -0.413. The van der Waals surface area contributed by atoms with Crippen molar-refractivity contribution >= 4 is 34.7 Å². The number of fused-ring (bicyclic) bond motifs is 1. The fourth-order valence-electron chi connectivity index (χ4n) is 3.32. The molecule has 1 aromatic heterocycles. The Bertz CT molecular complexity index is 1170. The highest BCUT2D eigenvalue weighted by molar-refractivity contribution is 7.09. The van der Waals surface area contributed by atoms with Crippen molar-refractivity contribution in [1.82, 2.24) is 10.3 Å². The predicted molar refractivity (Wildman–Crippen MR) is 112 cm³/mol. The van der Waals surface area contributed by atoms with Crippen LogP contribution in [0, 0.1) is 20.8 Å². The van der Waals surface area contributed by atoms with Crippen molar-refractivity contribution in [2.24, 2.45) is 0 Å². The molecule has 2 aromatic carbocycles. The number of hydrogen-bond donors (Lipinski definition) is 1. The lowest BCUT2D eigenvalue weighted by atomic mass is 10.1. The Balaban J connectivity index is 1.59. The van der Waals surface area contributed by atoms with Gasteiger partial charge in [-0.15, -0.1) is 11.3 Å². The molecule has 3 amide bonds. The number of aryl methyl sites for hydroxylation is 3. The van der Waals surface area contributed by atoms with E-state index in [0.717, 1.165) is 21.8 Å². The van der Waals surface area contributed by atoms with Crippen molar-refractivity contribution < 1.29 is 14.4 Å². The van der Waals surface area contributed by atoms with Crippen LogP contribution in [0.5, 0.6) is 0 Å². The summed E-state index contributed by atoms with van der Waals surface area (Å²) in [5.41, 5.74) is 4.03. The van der Waals surface area contributed by atoms with Gasteiger partial charge in [0.1, 0.15) is 0 Å². The van der Waals surface area contributed by atoms with Crippen molar-refractivity contribution in [3.63, 3.8) is 0 Å². The van der Waals surface area contributed by atoms with Crippen LogP contribution in [0.15, 0.2) is 41.8 Å². The summed E-state index contributed by atoms with van der Waals surface area (Å²) in [4.78, 5) is 43.9. The molecule has 0 spiro atoms. The Labute approximate surface area is 172 Å². The molecule has 6 nitrogen and oxygen atoms in total. The molecular weight excluding hydrogens is 386 g/mol. The fraction of sp³-hybridized carbons (Fsp3) is 0.182. The van der Waals surface area contributed by atoms with E-state index < -0.39 is 5.91 Å². The first-order chi connectivity index (χ1) is 13.8. The van der Waals surface area contributed by atoms with Crippen molar-refractivity contribution in [3.8, 4) is 0 Å². The topological polar surface area (TPSA) is 79.4 Å². The van der Waals surface area contributed by atoms with Crippen LogP contribution >= 0.6 is 11.3 Å². The fourth-order valence-corrected chi connectivity index (χ4v) is 3.94. The quantitative estimate of drug-likeness (QED) is 0.670. The van der Waals surface area contributed by atoms with Crippen LogP contribution in [-0.2, 0) is 6.54 Å². The zero-order valence-corrected chi connectivity index (χ0v) is 17.1. The van der Waals surface area contributed by atoms with Gasteiger partial charge in [0.05, 0.1) is 34.1 Å². The summed E-state index contributed by atoms with van der Waals surface area (Å²) >= 11 is 1.52. The van der Waals surface area contributed by atoms with E-state index in [1.54, 1.807) is 12.1 Å². The lowest BCUT2D eigenvalue weighted by molar-refractivity contribution is 0.0923. The van der Waals surface area contributed by atoms with Crippen LogP contribution < -0.4 is 10.2 Å². The normalized spacial score (nSPS) is 13.0. The van der Waals surface area contributed by atoms with Gasteiger partial charge in [-0.3, -0.25) is 14.4 Å². The first-order valence-corrected chi connectivity index (χ1v) is 10.0. The molecular formula is C22H19N3O3S. The lowest BCUT2D eigenvalue weighted by Crippen LogP contribution is -2.30. The van der Waals surface area contributed by atoms with Gasteiger partial charge in [-0.05, 0) is 56.2 Å². The molecule has 1 aliphatic heterocycles. The van der Waals surface area contributed by atoms with Gasteiger partial charge in [-0.1, -0.05) is 12.1 Å². The number of nitrogens with zero attached hydrogens (tertiary/aromatic N) is 2. The van der Waals surface area contributed by atoms with E-state index in [2.05, 4.69) is 10.3 Å². The zero-order chi connectivity index (χ0) is 20.7. The Morgan fingerprint density at radius 1 is 1.03 bits per heavy atom. The third kappa shape index (κ3) is 3.45. The number of carbonyl (C=O) groups is 3. The van der Waals surface area contributed by atoms with Crippen molar-refractivity contribution in [2.45, 2.75) is 27.3 Å². The van der Waals surface area contributed by atoms with Gasteiger partial charge < -0.3 is 5.32 Å². The van der Waals surface area contributed by atoms with Crippen LogP contribution in [0.4, 0.5) is 5.69 Å². The largest absolute Gasteiger partial charge is 0.346 e. The molecule has 7 heteroatoms. The number of rotatable bonds is 4. The van der Waals surface area contributed by atoms with E-state index in [-0.39, 0.29) is 17.4 Å². The molecule has 1 aliphatic rings. The molecule has 0 unspecified atom stereocenters. The molecule has 2 heterocycles. The van der Waals surface area contributed by atoms with Gasteiger partial charge in [0, 0.05) is 10.9 Å². The first-order valence-electron chi connectivity index (χ1n) is 9.14. The number of benzene rings is 2. The number of hydrogen-bond acceptors (Lipinski definition) is 5. The van der Waals surface area contributed by atoms with Gasteiger partial charge in [-0.2, -0.15) is 0 Å². The lowest BCUT2D eigenvalue weighted by Gasteiger charge is -2.17. The maximum atomic E-state index is 13.0. The Kier molecular flexibility index (Phi) is 4.76. The molecule has 0 fully saturated rings. The van der Waals surface area contributed by atoms with Crippen LogP contribution in [-0.4, -0.2) is 22.7 Å². The molecule has 1 N–H and O–H groups in total. The second kappa shape index (κ2) is 7.25. The summed E-state index contributed by atoms with van der Waals surface area (Å²) < 4.78 is 0. The van der Waals surface area contributed by atoms with Crippen molar-refractivity contribution in [2.75, 3.05) is 4.90 Å². The van der Waals surface area contributed by atoms with E-state index in [4.69, 9.17) is 0 Å². The third-order valence-corrected chi connectivity index (χ3v) is 5.67. The van der Waals surface area contributed by atoms with Gasteiger partial charge >= 0.3 is 0 Å².